The Morgan fingerprint density at radius 1 is 1.36 bits per heavy atom. The molecule has 0 spiro atoms. The van der Waals surface area contributed by atoms with Crippen molar-refractivity contribution in [1.82, 2.24) is 0 Å². The van der Waals surface area contributed by atoms with Crippen molar-refractivity contribution in [3.05, 3.63) is 35.6 Å². The summed E-state index contributed by atoms with van der Waals surface area (Å²) in [5, 5.41) is 0. The molecule has 0 fully saturated rings. The molecule has 0 aliphatic heterocycles. The van der Waals surface area contributed by atoms with Crippen LogP contribution in [-0.2, 0) is 6.42 Å². The number of aryl methyl sites for hydroxylation is 1. The number of alkyl halides is 1. The van der Waals surface area contributed by atoms with Crippen molar-refractivity contribution in [2.24, 2.45) is 5.73 Å². The molecule has 0 aliphatic carbocycles. The van der Waals surface area contributed by atoms with Gasteiger partial charge in [-0.05, 0) is 31.4 Å². The van der Waals surface area contributed by atoms with Gasteiger partial charge in [-0.1, -0.05) is 18.2 Å². The van der Waals surface area contributed by atoms with Crippen molar-refractivity contribution in [2.45, 2.75) is 25.4 Å². The smallest absolute Gasteiger partial charge is 0.126 e. The standard InChI is InChI=1S/C11H15F2N/c1-11(13,8-14)7-6-9-4-2-3-5-10(9)12/h2-5H,6-8,14H2,1H3. The van der Waals surface area contributed by atoms with E-state index in [0.29, 0.717) is 12.0 Å². The molecule has 0 aromatic heterocycles. The fourth-order valence-corrected chi connectivity index (χ4v) is 1.20. The lowest BCUT2D eigenvalue weighted by molar-refractivity contribution is 0.185. The van der Waals surface area contributed by atoms with Crippen LogP contribution in [0.4, 0.5) is 8.78 Å². The molecule has 1 nitrogen and oxygen atoms in total. The van der Waals surface area contributed by atoms with Gasteiger partial charge in [0.2, 0.25) is 0 Å². The SMILES string of the molecule is CC(F)(CN)CCc1ccccc1F. The van der Waals surface area contributed by atoms with E-state index in [1.165, 1.54) is 13.0 Å². The van der Waals surface area contributed by atoms with Gasteiger partial charge in [-0.15, -0.1) is 0 Å². The highest BCUT2D eigenvalue weighted by Crippen LogP contribution is 2.18. The minimum absolute atomic E-state index is 0.0263. The first kappa shape index (κ1) is 11.1. The van der Waals surface area contributed by atoms with Crippen LogP contribution in [0, 0.1) is 5.82 Å². The van der Waals surface area contributed by atoms with E-state index in [-0.39, 0.29) is 18.8 Å². The molecule has 3 heteroatoms. The van der Waals surface area contributed by atoms with Crippen LogP contribution in [0.2, 0.25) is 0 Å². The summed E-state index contributed by atoms with van der Waals surface area (Å²) in [5.41, 5.74) is 4.39. The lowest BCUT2D eigenvalue weighted by atomic mass is 9.98. The quantitative estimate of drug-likeness (QED) is 0.792. The molecule has 0 saturated heterocycles. The first-order chi connectivity index (χ1) is 6.55. The van der Waals surface area contributed by atoms with E-state index in [4.69, 9.17) is 5.73 Å². The van der Waals surface area contributed by atoms with Crippen LogP contribution in [0.3, 0.4) is 0 Å². The summed E-state index contributed by atoms with van der Waals surface area (Å²) in [6.45, 7) is 1.41. The zero-order valence-corrected chi connectivity index (χ0v) is 8.26. The van der Waals surface area contributed by atoms with E-state index >= 15 is 0 Å². The summed E-state index contributed by atoms with van der Waals surface area (Å²) >= 11 is 0. The third-order valence-electron chi connectivity index (χ3n) is 2.30. The largest absolute Gasteiger partial charge is 0.328 e. The summed E-state index contributed by atoms with van der Waals surface area (Å²) in [6, 6.07) is 6.42. The molecule has 0 amide bonds. The van der Waals surface area contributed by atoms with Gasteiger partial charge in [-0.25, -0.2) is 8.78 Å². The van der Waals surface area contributed by atoms with Crippen LogP contribution in [0.15, 0.2) is 24.3 Å². The fraction of sp³-hybridized carbons (Fsp3) is 0.455. The Morgan fingerprint density at radius 3 is 2.57 bits per heavy atom. The fourth-order valence-electron chi connectivity index (χ4n) is 1.20. The highest BCUT2D eigenvalue weighted by atomic mass is 19.1. The molecule has 1 atom stereocenters. The number of nitrogens with two attached hydrogens (primary N) is 1. The molecule has 1 rings (SSSR count). The van der Waals surface area contributed by atoms with Gasteiger partial charge in [0.1, 0.15) is 11.5 Å². The van der Waals surface area contributed by atoms with Gasteiger partial charge in [-0.2, -0.15) is 0 Å². The van der Waals surface area contributed by atoms with Crippen molar-refractivity contribution in [3.8, 4) is 0 Å². The zero-order chi connectivity index (χ0) is 10.6. The summed E-state index contributed by atoms with van der Waals surface area (Å²) in [6.07, 6.45) is 0.640. The minimum Gasteiger partial charge on any atom is -0.328 e. The number of rotatable bonds is 4. The molecule has 0 radical (unpaired) electrons. The van der Waals surface area contributed by atoms with Crippen molar-refractivity contribution in [1.29, 1.82) is 0 Å². The Labute approximate surface area is 82.9 Å². The van der Waals surface area contributed by atoms with Crippen LogP contribution in [0.5, 0.6) is 0 Å². The van der Waals surface area contributed by atoms with Crippen LogP contribution >= 0.6 is 0 Å². The highest BCUT2D eigenvalue weighted by molar-refractivity contribution is 5.17. The molecular formula is C11H15F2N. The van der Waals surface area contributed by atoms with Gasteiger partial charge in [0.25, 0.3) is 0 Å². The molecule has 0 heterocycles. The first-order valence-electron chi connectivity index (χ1n) is 4.67. The van der Waals surface area contributed by atoms with Gasteiger partial charge in [0, 0.05) is 6.54 Å². The van der Waals surface area contributed by atoms with Crippen LogP contribution in [-0.4, -0.2) is 12.2 Å². The molecule has 0 bridgehead atoms. The Balaban J connectivity index is 2.58. The summed E-state index contributed by atoms with van der Waals surface area (Å²) in [7, 11) is 0. The lowest BCUT2D eigenvalue weighted by Gasteiger charge is -2.17. The molecule has 2 N–H and O–H groups in total. The molecule has 1 unspecified atom stereocenters. The second-order valence-electron chi connectivity index (χ2n) is 3.71. The molecule has 14 heavy (non-hydrogen) atoms. The average Bonchev–Trinajstić information content (AvgIpc) is 2.17. The Kier molecular flexibility index (Phi) is 3.58. The molecule has 0 aliphatic rings. The van der Waals surface area contributed by atoms with E-state index in [0.717, 1.165) is 0 Å². The van der Waals surface area contributed by atoms with E-state index in [1.54, 1.807) is 18.2 Å². The first-order valence-corrected chi connectivity index (χ1v) is 4.67. The third-order valence-corrected chi connectivity index (χ3v) is 2.30. The normalized spacial score (nSPS) is 15.1. The van der Waals surface area contributed by atoms with Gasteiger partial charge in [0.15, 0.2) is 0 Å². The van der Waals surface area contributed by atoms with E-state index < -0.39 is 5.67 Å². The van der Waals surface area contributed by atoms with Crippen molar-refractivity contribution in [2.75, 3.05) is 6.54 Å². The van der Waals surface area contributed by atoms with E-state index in [9.17, 15) is 8.78 Å². The number of hydrogen-bond donors (Lipinski definition) is 1. The molecular weight excluding hydrogens is 184 g/mol. The number of halogens is 2. The van der Waals surface area contributed by atoms with E-state index in [1.807, 2.05) is 0 Å². The monoisotopic (exact) mass is 199 g/mol. The summed E-state index contributed by atoms with van der Waals surface area (Å²) in [5.74, 6) is -0.277. The maximum Gasteiger partial charge on any atom is 0.126 e. The van der Waals surface area contributed by atoms with Gasteiger partial charge in [-0.3, -0.25) is 0 Å². The topological polar surface area (TPSA) is 26.0 Å². The highest BCUT2D eigenvalue weighted by Gasteiger charge is 2.20. The van der Waals surface area contributed by atoms with Crippen LogP contribution < -0.4 is 5.73 Å². The Bertz CT molecular complexity index is 297. The Morgan fingerprint density at radius 2 is 2.00 bits per heavy atom. The van der Waals surface area contributed by atoms with Crippen molar-refractivity contribution >= 4 is 0 Å². The van der Waals surface area contributed by atoms with Crippen molar-refractivity contribution in [3.63, 3.8) is 0 Å². The Hall–Kier alpha value is -0.960. The van der Waals surface area contributed by atoms with Crippen LogP contribution in [0.1, 0.15) is 18.9 Å². The second-order valence-corrected chi connectivity index (χ2v) is 3.71. The lowest BCUT2D eigenvalue weighted by Crippen LogP contribution is -2.29. The minimum atomic E-state index is -1.40. The van der Waals surface area contributed by atoms with Gasteiger partial charge >= 0.3 is 0 Å². The molecule has 78 valence electrons. The second kappa shape index (κ2) is 4.51. The van der Waals surface area contributed by atoms with E-state index in [2.05, 4.69) is 0 Å². The maximum absolute atomic E-state index is 13.4. The predicted molar refractivity (Wildman–Crippen MR) is 53.3 cm³/mol. The van der Waals surface area contributed by atoms with Gasteiger partial charge < -0.3 is 5.73 Å². The van der Waals surface area contributed by atoms with Crippen molar-refractivity contribution < 1.29 is 8.78 Å². The third kappa shape index (κ3) is 3.07. The molecule has 0 saturated carbocycles. The predicted octanol–water partition coefficient (Wildman–Crippen LogP) is 2.45. The number of hydrogen-bond acceptors (Lipinski definition) is 1. The summed E-state index contributed by atoms with van der Waals surface area (Å²) in [4.78, 5) is 0. The summed E-state index contributed by atoms with van der Waals surface area (Å²) < 4.78 is 26.5. The maximum atomic E-state index is 13.4. The number of benzene rings is 1. The average molecular weight is 199 g/mol. The van der Waals surface area contributed by atoms with Crippen LogP contribution in [0.25, 0.3) is 0 Å². The zero-order valence-electron chi connectivity index (χ0n) is 8.26. The van der Waals surface area contributed by atoms with Gasteiger partial charge in [0.05, 0.1) is 0 Å². The molecule has 1 aromatic rings. The molecule has 1 aromatic carbocycles.